The van der Waals surface area contributed by atoms with E-state index in [4.69, 9.17) is 16.3 Å². The zero-order valence-corrected chi connectivity index (χ0v) is 22.6. The predicted molar refractivity (Wildman–Crippen MR) is 148 cm³/mol. The molecule has 11 heteroatoms. The summed E-state index contributed by atoms with van der Waals surface area (Å²) < 4.78 is 8.03. The largest absolute Gasteiger partial charge is 0.483 e. The molecule has 0 aliphatic carbocycles. The van der Waals surface area contributed by atoms with Crippen LogP contribution in [0.25, 0.3) is 5.69 Å². The number of hydrogen-bond acceptors (Lipinski definition) is 7. The topological polar surface area (TPSA) is 112 Å². The number of ether oxygens (including phenoxy) is 1. The minimum atomic E-state index is -0.549. The lowest BCUT2D eigenvalue weighted by molar-refractivity contribution is -0.384. The molecular weight excluding hydrogens is 526 g/mol. The van der Waals surface area contributed by atoms with Crippen LogP contribution in [0.5, 0.6) is 5.75 Å². The molecule has 1 aromatic heterocycles. The van der Waals surface area contributed by atoms with Crippen LogP contribution in [0.4, 0.5) is 11.4 Å². The first kappa shape index (κ1) is 27.2. The fourth-order valence-corrected chi connectivity index (χ4v) is 4.61. The summed E-state index contributed by atoms with van der Waals surface area (Å²) in [7, 11) is 0. The van der Waals surface area contributed by atoms with E-state index >= 15 is 0 Å². The second-order valence-electron chi connectivity index (χ2n) is 8.75. The molecule has 196 valence electrons. The van der Waals surface area contributed by atoms with Crippen molar-refractivity contribution in [2.75, 3.05) is 11.1 Å². The van der Waals surface area contributed by atoms with Crippen molar-refractivity contribution < 1.29 is 14.5 Å². The summed E-state index contributed by atoms with van der Waals surface area (Å²) >= 11 is 7.29. The molecule has 0 bridgehead atoms. The highest BCUT2D eigenvalue weighted by atomic mass is 35.5. The summed E-state index contributed by atoms with van der Waals surface area (Å²) in [4.78, 5) is 23.2. The van der Waals surface area contributed by atoms with E-state index in [-0.39, 0.29) is 22.2 Å². The van der Waals surface area contributed by atoms with Crippen molar-refractivity contribution in [2.24, 2.45) is 0 Å². The number of nitro groups is 1. The smallest absolute Gasteiger partial charge is 0.271 e. The number of carbonyl (C=O) groups excluding carboxylic acids is 1. The van der Waals surface area contributed by atoms with Crippen LogP contribution in [0.15, 0.2) is 78.0 Å². The minimum absolute atomic E-state index is 0.0180. The van der Waals surface area contributed by atoms with Crippen molar-refractivity contribution in [3.8, 4) is 11.4 Å². The molecule has 1 heterocycles. The average molecular weight is 552 g/mol. The molecular formula is C27H26ClN5O4S. The number of halogens is 1. The van der Waals surface area contributed by atoms with Gasteiger partial charge in [0.15, 0.2) is 17.1 Å². The maximum Gasteiger partial charge on any atom is 0.271 e. The number of nitrogens with one attached hydrogen (secondary N) is 1. The highest BCUT2D eigenvalue weighted by molar-refractivity contribution is 7.99. The summed E-state index contributed by atoms with van der Waals surface area (Å²) in [5.74, 6) is 1.31. The number of para-hydroxylation sites is 1. The van der Waals surface area contributed by atoms with Crippen molar-refractivity contribution in [3.05, 3.63) is 99.3 Å². The molecule has 0 aliphatic heterocycles. The van der Waals surface area contributed by atoms with Crippen LogP contribution >= 0.6 is 23.4 Å². The van der Waals surface area contributed by atoms with Gasteiger partial charge in [0.25, 0.3) is 5.69 Å². The van der Waals surface area contributed by atoms with Crippen LogP contribution in [0.3, 0.4) is 0 Å². The third-order valence-electron chi connectivity index (χ3n) is 5.66. The van der Waals surface area contributed by atoms with E-state index in [2.05, 4.69) is 29.4 Å². The predicted octanol–water partition coefficient (Wildman–Crippen LogP) is 6.82. The number of benzene rings is 3. The summed E-state index contributed by atoms with van der Waals surface area (Å²) in [6, 6.07) is 21.4. The maximum atomic E-state index is 12.7. The van der Waals surface area contributed by atoms with Gasteiger partial charge >= 0.3 is 0 Å². The van der Waals surface area contributed by atoms with Gasteiger partial charge in [-0.05, 0) is 48.7 Å². The van der Waals surface area contributed by atoms with Crippen LogP contribution in [-0.2, 0) is 4.79 Å². The fraction of sp³-hybridized carbons (Fsp3) is 0.222. The number of rotatable bonds is 10. The fourth-order valence-electron chi connectivity index (χ4n) is 3.68. The van der Waals surface area contributed by atoms with Gasteiger partial charge in [-0.25, -0.2) is 0 Å². The lowest BCUT2D eigenvalue weighted by Gasteiger charge is -2.17. The third-order valence-corrected chi connectivity index (χ3v) is 6.92. The normalized spacial score (nSPS) is 11.8. The average Bonchev–Trinajstić information content (AvgIpc) is 3.33. The molecule has 4 aromatic rings. The van der Waals surface area contributed by atoms with Gasteiger partial charge < -0.3 is 10.1 Å². The first-order valence-corrected chi connectivity index (χ1v) is 13.2. The van der Waals surface area contributed by atoms with Crippen LogP contribution in [0.1, 0.15) is 44.2 Å². The van der Waals surface area contributed by atoms with Gasteiger partial charge in [0.05, 0.1) is 21.4 Å². The molecule has 0 fully saturated rings. The summed E-state index contributed by atoms with van der Waals surface area (Å²) in [6.45, 7) is 6.17. The molecule has 0 spiro atoms. The molecule has 1 atom stereocenters. The molecule has 38 heavy (non-hydrogen) atoms. The van der Waals surface area contributed by atoms with Crippen LogP contribution in [0.2, 0.25) is 5.02 Å². The molecule has 0 aliphatic rings. The number of aromatic nitrogens is 3. The van der Waals surface area contributed by atoms with E-state index in [1.807, 2.05) is 66.1 Å². The Balaban J connectivity index is 1.52. The Morgan fingerprint density at radius 3 is 2.45 bits per heavy atom. The first-order chi connectivity index (χ1) is 18.2. The van der Waals surface area contributed by atoms with Crippen molar-refractivity contribution in [1.29, 1.82) is 0 Å². The van der Waals surface area contributed by atoms with Crippen LogP contribution < -0.4 is 10.1 Å². The van der Waals surface area contributed by atoms with Crippen molar-refractivity contribution in [2.45, 2.75) is 37.9 Å². The summed E-state index contributed by atoms with van der Waals surface area (Å²) in [6.07, 6.45) is -0.431. The van der Waals surface area contributed by atoms with E-state index in [0.717, 1.165) is 5.69 Å². The molecule has 4 rings (SSSR count). The number of hydrogen-bond donors (Lipinski definition) is 1. The Morgan fingerprint density at radius 2 is 1.79 bits per heavy atom. The minimum Gasteiger partial charge on any atom is -0.483 e. The molecule has 1 N–H and O–H groups in total. The molecule has 0 radical (unpaired) electrons. The molecule has 1 amide bonds. The Kier molecular flexibility index (Phi) is 8.65. The van der Waals surface area contributed by atoms with E-state index in [0.29, 0.717) is 22.6 Å². The Bertz CT molecular complexity index is 1430. The number of amides is 1. The highest BCUT2D eigenvalue weighted by Crippen LogP contribution is 2.30. The van der Waals surface area contributed by atoms with E-state index in [1.165, 1.54) is 35.5 Å². The monoisotopic (exact) mass is 551 g/mol. The van der Waals surface area contributed by atoms with Gasteiger partial charge in [0.1, 0.15) is 5.75 Å². The lowest BCUT2D eigenvalue weighted by atomic mass is 10.0. The zero-order valence-electron chi connectivity index (χ0n) is 21.0. The summed E-state index contributed by atoms with van der Waals surface area (Å²) in [5.41, 5.74) is 2.05. The molecule has 3 aromatic carbocycles. The third kappa shape index (κ3) is 6.51. The first-order valence-electron chi connectivity index (χ1n) is 11.9. The SMILES string of the molecule is CC(C)c1ccc(OC(C)c2nnc(SCC(=O)Nc3cc([N+](=O)[O-])ccc3Cl)n2-c2ccccc2)cc1. The number of nitrogens with zero attached hydrogens (tertiary/aromatic N) is 4. The Labute approximate surface area is 229 Å². The van der Waals surface area contributed by atoms with Crippen molar-refractivity contribution in [3.63, 3.8) is 0 Å². The van der Waals surface area contributed by atoms with Gasteiger partial charge in [-0.3, -0.25) is 19.5 Å². The number of non-ortho nitro benzene ring substituents is 1. The van der Waals surface area contributed by atoms with Crippen molar-refractivity contribution >= 4 is 40.6 Å². The van der Waals surface area contributed by atoms with Gasteiger partial charge in [-0.2, -0.15) is 0 Å². The summed E-state index contributed by atoms with van der Waals surface area (Å²) in [5, 5.41) is 23.1. The maximum absolute atomic E-state index is 12.7. The number of thioether (sulfide) groups is 1. The Hall–Kier alpha value is -3.89. The van der Waals surface area contributed by atoms with Gasteiger partial charge in [-0.15, -0.1) is 10.2 Å². The standard InChI is InChI=1S/C27H26ClN5O4S/c1-17(2)19-9-12-22(13-10-19)37-18(3)26-30-31-27(32(26)20-7-5-4-6-8-20)38-16-25(34)29-24-15-21(33(35)36)11-14-23(24)28/h4-15,17-18H,16H2,1-3H3,(H,29,34). The van der Waals surface area contributed by atoms with Gasteiger partial charge in [-0.1, -0.05) is 67.5 Å². The van der Waals surface area contributed by atoms with Crippen LogP contribution in [-0.4, -0.2) is 31.3 Å². The van der Waals surface area contributed by atoms with E-state index < -0.39 is 16.9 Å². The zero-order chi connectivity index (χ0) is 27.2. The van der Waals surface area contributed by atoms with E-state index in [1.54, 1.807) is 0 Å². The number of anilines is 1. The molecule has 0 saturated carbocycles. The van der Waals surface area contributed by atoms with Crippen LogP contribution in [0, 0.1) is 10.1 Å². The molecule has 0 saturated heterocycles. The van der Waals surface area contributed by atoms with Crippen molar-refractivity contribution in [1.82, 2.24) is 14.8 Å². The quantitative estimate of drug-likeness (QED) is 0.131. The lowest BCUT2D eigenvalue weighted by Crippen LogP contribution is -2.15. The Morgan fingerprint density at radius 1 is 1.08 bits per heavy atom. The highest BCUT2D eigenvalue weighted by Gasteiger charge is 2.22. The van der Waals surface area contributed by atoms with Gasteiger partial charge in [0.2, 0.25) is 5.91 Å². The number of nitro benzene ring substituents is 1. The second kappa shape index (κ2) is 12.1. The van der Waals surface area contributed by atoms with E-state index in [9.17, 15) is 14.9 Å². The van der Waals surface area contributed by atoms with Gasteiger partial charge in [0, 0.05) is 17.8 Å². The number of carbonyl (C=O) groups is 1. The second-order valence-corrected chi connectivity index (χ2v) is 10.1. The molecule has 9 nitrogen and oxygen atoms in total. The molecule has 1 unspecified atom stereocenters.